The number of fused-ring (bicyclic) bond motifs is 1. The van der Waals surface area contributed by atoms with Crippen LogP contribution in [0.4, 0.5) is 4.39 Å². The van der Waals surface area contributed by atoms with Gasteiger partial charge in [0.25, 0.3) is 5.91 Å². The van der Waals surface area contributed by atoms with Crippen LogP contribution in [0.2, 0.25) is 0 Å². The maximum absolute atomic E-state index is 13.3. The van der Waals surface area contributed by atoms with Gasteiger partial charge in [0.05, 0.1) is 18.2 Å². The number of halogens is 1. The second kappa shape index (κ2) is 9.75. The van der Waals surface area contributed by atoms with Crippen LogP contribution in [0, 0.1) is 6.92 Å². The molecule has 7 heteroatoms. The number of nitrogens with zero attached hydrogens (tertiary/aromatic N) is 2. The Morgan fingerprint density at radius 3 is 2.73 bits per heavy atom. The Labute approximate surface area is 193 Å². The number of aryl methyl sites for hydroxylation is 1. The van der Waals surface area contributed by atoms with E-state index < -0.39 is 5.54 Å². The zero-order valence-electron chi connectivity index (χ0n) is 19.4. The average molecular weight is 452 g/mol. The molecule has 3 aromatic rings. The third-order valence-electron chi connectivity index (χ3n) is 6.21. The number of carbonyl (C=O) groups excluding carboxylic acids is 1. The Bertz CT molecular complexity index is 1150. The zero-order chi connectivity index (χ0) is 23.4. The summed E-state index contributed by atoms with van der Waals surface area (Å²) >= 11 is 0. The normalized spacial score (nSPS) is 14.3. The van der Waals surface area contributed by atoms with Gasteiger partial charge in [0.2, 0.25) is 0 Å². The van der Waals surface area contributed by atoms with Gasteiger partial charge in [-0.25, -0.2) is 4.39 Å². The van der Waals surface area contributed by atoms with Gasteiger partial charge in [0, 0.05) is 36.3 Å². The lowest BCUT2D eigenvalue weighted by molar-refractivity contribution is 0.0930. The second-order valence-corrected chi connectivity index (χ2v) is 8.60. The smallest absolute Gasteiger partial charge is 0.252 e. The summed E-state index contributed by atoms with van der Waals surface area (Å²) in [6, 6.07) is 13.4. The molecule has 0 spiro atoms. The number of ether oxygens (including phenoxy) is 2. The summed E-state index contributed by atoms with van der Waals surface area (Å²) in [6.45, 7) is 2.94. The third kappa shape index (κ3) is 5.09. The standard InChI is InChI=1S/C26H30FN3O3/c1-18-6-7-19(33-14-13-30(2)12-10-27)15-22(18)25(31)29-26(8-9-26)23-16-20(32-3)17-24-21(23)5-4-11-28-24/h4-7,11,15-17H,8-10,12-14H2,1-3H3,(H,29,31). The molecular weight excluding hydrogens is 421 g/mol. The van der Waals surface area contributed by atoms with Gasteiger partial charge in [-0.05, 0) is 62.2 Å². The van der Waals surface area contributed by atoms with Crippen molar-refractivity contribution in [2.75, 3.05) is 40.5 Å². The molecule has 0 bridgehead atoms. The molecule has 0 unspecified atom stereocenters. The highest BCUT2D eigenvalue weighted by atomic mass is 19.1. The predicted molar refractivity (Wildman–Crippen MR) is 127 cm³/mol. The fourth-order valence-electron chi connectivity index (χ4n) is 4.05. The van der Waals surface area contributed by atoms with E-state index in [0.29, 0.717) is 31.0 Å². The van der Waals surface area contributed by atoms with Crippen LogP contribution in [0.3, 0.4) is 0 Å². The number of rotatable bonds is 10. The van der Waals surface area contributed by atoms with Gasteiger partial charge >= 0.3 is 0 Å². The van der Waals surface area contributed by atoms with E-state index >= 15 is 0 Å². The van der Waals surface area contributed by atoms with Crippen LogP contribution in [0.5, 0.6) is 11.5 Å². The number of hydrogen-bond acceptors (Lipinski definition) is 5. The van der Waals surface area contributed by atoms with Crippen molar-refractivity contribution in [3.63, 3.8) is 0 Å². The topological polar surface area (TPSA) is 63.7 Å². The molecule has 0 radical (unpaired) electrons. The van der Waals surface area contributed by atoms with E-state index in [9.17, 15) is 9.18 Å². The zero-order valence-corrected chi connectivity index (χ0v) is 19.4. The maximum atomic E-state index is 13.3. The van der Waals surface area contributed by atoms with Gasteiger partial charge in [-0.15, -0.1) is 0 Å². The van der Waals surface area contributed by atoms with E-state index in [4.69, 9.17) is 9.47 Å². The van der Waals surface area contributed by atoms with E-state index in [-0.39, 0.29) is 12.6 Å². The fourth-order valence-corrected chi connectivity index (χ4v) is 4.05. The summed E-state index contributed by atoms with van der Waals surface area (Å²) in [4.78, 5) is 19.7. The van der Waals surface area contributed by atoms with Crippen molar-refractivity contribution in [1.29, 1.82) is 0 Å². The van der Waals surface area contributed by atoms with E-state index in [0.717, 1.165) is 40.6 Å². The van der Waals surface area contributed by atoms with Crippen LogP contribution in [0.25, 0.3) is 10.9 Å². The number of carbonyl (C=O) groups is 1. The van der Waals surface area contributed by atoms with Gasteiger partial charge in [-0.1, -0.05) is 12.1 Å². The van der Waals surface area contributed by atoms with Gasteiger partial charge in [0.15, 0.2) is 0 Å². The molecule has 4 rings (SSSR count). The van der Waals surface area contributed by atoms with Crippen molar-refractivity contribution in [3.05, 3.63) is 65.4 Å². The highest BCUT2D eigenvalue weighted by Gasteiger charge is 2.47. The Morgan fingerprint density at radius 2 is 2.00 bits per heavy atom. The molecule has 1 amide bonds. The summed E-state index contributed by atoms with van der Waals surface area (Å²) in [5.74, 6) is 1.21. The summed E-state index contributed by atoms with van der Waals surface area (Å²) in [5, 5.41) is 4.29. The summed E-state index contributed by atoms with van der Waals surface area (Å²) in [5.41, 5.74) is 2.89. The van der Waals surface area contributed by atoms with Gasteiger partial charge in [-0.2, -0.15) is 0 Å². The predicted octanol–water partition coefficient (Wildman–Crippen LogP) is 4.25. The first kappa shape index (κ1) is 23.0. The molecule has 0 atom stereocenters. The molecule has 1 N–H and O–H groups in total. The molecule has 174 valence electrons. The molecule has 0 aliphatic heterocycles. The largest absolute Gasteiger partial charge is 0.497 e. The number of aromatic nitrogens is 1. The Balaban J connectivity index is 1.54. The highest BCUT2D eigenvalue weighted by Crippen LogP contribution is 2.49. The summed E-state index contributed by atoms with van der Waals surface area (Å²) in [7, 11) is 3.49. The Kier molecular flexibility index (Phi) is 6.79. The molecule has 33 heavy (non-hydrogen) atoms. The number of benzene rings is 2. The van der Waals surface area contributed by atoms with Gasteiger partial charge in [0.1, 0.15) is 24.8 Å². The molecule has 1 aromatic heterocycles. The van der Waals surface area contributed by atoms with Crippen molar-refractivity contribution >= 4 is 16.8 Å². The van der Waals surface area contributed by atoms with Crippen molar-refractivity contribution in [1.82, 2.24) is 15.2 Å². The molecule has 2 aromatic carbocycles. The van der Waals surface area contributed by atoms with Crippen LogP contribution in [-0.2, 0) is 5.54 Å². The fraction of sp³-hybridized carbons (Fsp3) is 0.385. The lowest BCUT2D eigenvalue weighted by atomic mass is 9.97. The van der Waals surface area contributed by atoms with E-state index in [1.807, 2.05) is 55.3 Å². The SMILES string of the molecule is COc1cc(C2(NC(=O)c3cc(OCCN(C)CCF)ccc3C)CC2)c2cccnc2c1. The molecule has 0 saturated heterocycles. The number of nitrogens with one attached hydrogen (secondary N) is 1. The average Bonchev–Trinajstić information content (AvgIpc) is 3.59. The minimum Gasteiger partial charge on any atom is -0.497 e. The monoisotopic (exact) mass is 451 g/mol. The number of alkyl halides is 1. The number of methoxy groups -OCH3 is 1. The van der Waals surface area contributed by atoms with Crippen LogP contribution in [-0.4, -0.2) is 56.3 Å². The van der Waals surface area contributed by atoms with Crippen molar-refractivity contribution < 1.29 is 18.7 Å². The lowest BCUT2D eigenvalue weighted by Gasteiger charge is -2.22. The molecule has 1 saturated carbocycles. The molecule has 1 fully saturated rings. The minimum atomic E-state index is -0.439. The molecule has 6 nitrogen and oxygen atoms in total. The number of likely N-dealkylation sites (N-methyl/N-ethyl adjacent to an activating group) is 1. The number of pyridine rings is 1. The van der Waals surface area contributed by atoms with Crippen LogP contribution < -0.4 is 14.8 Å². The van der Waals surface area contributed by atoms with E-state index in [2.05, 4.69) is 10.3 Å². The van der Waals surface area contributed by atoms with Crippen molar-refractivity contribution in [3.8, 4) is 11.5 Å². The highest BCUT2D eigenvalue weighted by molar-refractivity contribution is 5.97. The van der Waals surface area contributed by atoms with Crippen LogP contribution in [0.15, 0.2) is 48.7 Å². The Hall–Kier alpha value is -3.19. The molecule has 1 aliphatic carbocycles. The lowest BCUT2D eigenvalue weighted by Crippen LogP contribution is -2.35. The summed E-state index contributed by atoms with van der Waals surface area (Å²) < 4.78 is 23.7. The molecule has 1 heterocycles. The first-order valence-corrected chi connectivity index (χ1v) is 11.2. The van der Waals surface area contributed by atoms with Gasteiger partial charge in [-0.3, -0.25) is 9.78 Å². The Morgan fingerprint density at radius 1 is 1.18 bits per heavy atom. The van der Waals surface area contributed by atoms with Gasteiger partial charge < -0.3 is 19.7 Å². The summed E-state index contributed by atoms with van der Waals surface area (Å²) in [6.07, 6.45) is 3.46. The third-order valence-corrected chi connectivity index (χ3v) is 6.21. The van der Waals surface area contributed by atoms with Crippen LogP contribution >= 0.6 is 0 Å². The van der Waals surface area contributed by atoms with E-state index in [1.165, 1.54) is 0 Å². The quantitative estimate of drug-likeness (QED) is 0.499. The number of hydrogen-bond donors (Lipinski definition) is 1. The van der Waals surface area contributed by atoms with Crippen molar-refractivity contribution in [2.45, 2.75) is 25.3 Å². The first-order chi connectivity index (χ1) is 16.0. The van der Waals surface area contributed by atoms with E-state index in [1.54, 1.807) is 19.4 Å². The number of amides is 1. The van der Waals surface area contributed by atoms with Crippen molar-refractivity contribution in [2.24, 2.45) is 0 Å². The maximum Gasteiger partial charge on any atom is 0.252 e. The second-order valence-electron chi connectivity index (χ2n) is 8.60. The minimum absolute atomic E-state index is 0.134. The molecular formula is C26H30FN3O3. The van der Waals surface area contributed by atoms with Crippen LogP contribution in [0.1, 0.15) is 34.3 Å². The molecule has 1 aliphatic rings. The first-order valence-electron chi connectivity index (χ1n) is 11.2.